The van der Waals surface area contributed by atoms with Crippen LogP contribution >= 0.6 is 15.9 Å². The molecule has 0 aliphatic rings. The van der Waals surface area contributed by atoms with E-state index in [0.29, 0.717) is 16.7 Å². The van der Waals surface area contributed by atoms with Gasteiger partial charge in [-0.2, -0.15) is 5.26 Å². The van der Waals surface area contributed by atoms with E-state index in [-0.39, 0.29) is 24.3 Å². The zero-order valence-corrected chi connectivity index (χ0v) is 15.1. The summed E-state index contributed by atoms with van der Waals surface area (Å²) in [5.41, 5.74) is 1.16. The van der Waals surface area contributed by atoms with E-state index in [1.807, 2.05) is 19.9 Å². The van der Waals surface area contributed by atoms with Gasteiger partial charge in [-0.3, -0.25) is 9.59 Å². The molecule has 4 nitrogen and oxygen atoms in total. The first-order chi connectivity index (χ1) is 11.5. The highest BCUT2D eigenvalue weighted by Crippen LogP contribution is 2.19. The van der Waals surface area contributed by atoms with Crippen LogP contribution in [0, 0.1) is 11.3 Å². The molecule has 24 heavy (non-hydrogen) atoms. The first kappa shape index (κ1) is 17.9. The van der Waals surface area contributed by atoms with Gasteiger partial charge in [-0.15, -0.1) is 0 Å². The predicted molar refractivity (Wildman–Crippen MR) is 95.8 cm³/mol. The molecule has 5 heteroatoms. The van der Waals surface area contributed by atoms with Crippen LogP contribution in [0.5, 0.6) is 0 Å². The van der Waals surface area contributed by atoms with Crippen molar-refractivity contribution in [3.8, 4) is 6.07 Å². The number of ketones is 1. The minimum Gasteiger partial charge on any atom is -0.323 e. The van der Waals surface area contributed by atoms with Crippen LogP contribution in [-0.4, -0.2) is 29.2 Å². The van der Waals surface area contributed by atoms with Crippen molar-refractivity contribution in [1.82, 2.24) is 4.90 Å². The molecule has 1 amide bonds. The summed E-state index contributed by atoms with van der Waals surface area (Å²) in [5, 5.41) is 8.95. The van der Waals surface area contributed by atoms with E-state index in [2.05, 4.69) is 15.9 Å². The van der Waals surface area contributed by atoms with Gasteiger partial charge < -0.3 is 4.90 Å². The van der Waals surface area contributed by atoms with Crippen LogP contribution in [0.15, 0.2) is 53.0 Å². The van der Waals surface area contributed by atoms with Gasteiger partial charge in [-0.25, -0.2) is 0 Å². The highest BCUT2D eigenvalue weighted by molar-refractivity contribution is 9.10. The molecule has 122 valence electrons. The topological polar surface area (TPSA) is 61.2 Å². The van der Waals surface area contributed by atoms with Crippen molar-refractivity contribution in [3.05, 3.63) is 69.7 Å². The summed E-state index contributed by atoms with van der Waals surface area (Å²) >= 11 is 3.34. The maximum absolute atomic E-state index is 12.8. The van der Waals surface area contributed by atoms with Crippen LogP contribution in [0.2, 0.25) is 0 Å². The third-order valence-electron chi connectivity index (χ3n) is 3.63. The third-order valence-corrected chi connectivity index (χ3v) is 4.16. The fourth-order valence-corrected chi connectivity index (χ4v) is 2.61. The molecule has 0 aliphatic carbocycles. The maximum atomic E-state index is 12.8. The van der Waals surface area contributed by atoms with Crippen molar-refractivity contribution < 1.29 is 9.59 Å². The Morgan fingerprint density at radius 3 is 2.21 bits per heavy atom. The number of nitriles is 1. The molecule has 0 aromatic heterocycles. The van der Waals surface area contributed by atoms with E-state index < -0.39 is 0 Å². The largest absolute Gasteiger partial charge is 0.323 e. The second-order valence-electron chi connectivity index (χ2n) is 5.57. The zero-order chi connectivity index (χ0) is 17.7. The summed E-state index contributed by atoms with van der Waals surface area (Å²) in [6.07, 6.45) is 0. The molecule has 0 fully saturated rings. The van der Waals surface area contributed by atoms with Gasteiger partial charge in [-0.05, 0) is 44.2 Å². The highest BCUT2D eigenvalue weighted by atomic mass is 79.9. The van der Waals surface area contributed by atoms with Crippen molar-refractivity contribution in [2.45, 2.75) is 19.9 Å². The molecule has 0 aliphatic heterocycles. The standard InChI is InChI=1S/C19H17BrN2O2/c1-13(2)22(12-11-21)19(24)17-6-4-3-5-16(17)18(23)14-7-9-15(20)10-8-14/h3-10,13H,12H2,1-2H3. The average Bonchev–Trinajstić information content (AvgIpc) is 2.59. The van der Waals surface area contributed by atoms with Crippen molar-refractivity contribution in [3.63, 3.8) is 0 Å². The van der Waals surface area contributed by atoms with E-state index in [0.717, 1.165) is 4.47 Å². The van der Waals surface area contributed by atoms with E-state index >= 15 is 0 Å². The summed E-state index contributed by atoms with van der Waals surface area (Å²) in [6, 6.07) is 15.6. The molecule has 0 saturated heterocycles. The highest BCUT2D eigenvalue weighted by Gasteiger charge is 2.23. The van der Waals surface area contributed by atoms with Crippen molar-refractivity contribution >= 4 is 27.6 Å². The van der Waals surface area contributed by atoms with E-state index in [4.69, 9.17) is 5.26 Å². The summed E-state index contributed by atoms with van der Waals surface area (Å²) in [7, 11) is 0. The molecule has 0 saturated carbocycles. The summed E-state index contributed by atoms with van der Waals surface area (Å²) in [6.45, 7) is 3.67. The van der Waals surface area contributed by atoms with Crippen LogP contribution in [0.25, 0.3) is 0 Å². The van der Waals surface area contributed by atoms with Crippen LogP contribution in [-0.2, 0) is 0 Å². The lowest BCUT2D eigenvalue weighted by atomic mass is 9.97. The summed E-state index contributed by atoms with van der Waals surface area (Å²) < 4.78 is 0.878. The first-order valence-corrected chi connectivity index (χ1v) is 8.32. The van der Waals surface area contributed by atoms with E-state index in [9.17, 15) is 9.59 Å². The van der Waals surface area contributed by atoms with Gasteiger partial charge in [0.1, 0.15) is 6.54 Å². The minimum absolute atomic E-state index is 0.0166. The molecule has 0 unspecified atom stereocenters. The molecule has 2 aromatic carbocycles. The van der Waals surface area contributed by atoms with Crippen LogP contribution in [0.1, 0.15) is 40.1 Å². The fraction of sp³-hybridized carbons (Fsp3) is 0.211. The second kappa shape index (κ2) is 7.89. The number of hydrogen-bond donors (Lipinski definition) is 0. The summed E-state index contributed by atoms with van der Waals surface area (Å²) in [5.74, 6) is -0.528. The molecule has 0 spiro atoms. The van der Waals surface area contributed by atoms with Crippen molar-refractivity contribution in [2.75, 3.05) is 6.54 Å². The smallest absolute Gasteiger partial charge is 0.255 e. The minimum atomic E-state index is -0.312. The number of halogens is 1. The Morgan fingerprint density at radius 2 is 1.67 bits per heavy atom. The Labute approximate surface area is 149 Å². The number of rotatable bonds is 5. The normalized spacial score (nSPS) is 10.3. The SMILES string of the molecule is CC(C)N(CC#N)C(=O)c1ccccc1C(=O)c1ccc(Br)cc1. The van der Waals surface area contributed by atoms with E-state index in [1.54, 1.807) is 48.5 Å². The average molecular weight is 385 g/mol. The predicted octanol–water partition coefficient (Wildman–Crippen LogP) is 4.05. The molecule has 2 rings (SSSR count). The molecular formula is C19H17BrN2O2. The Morgan fingerprint density at radius 1 is 1.08 bits per heavy atom. The molecule has 0 bridgehead atoms. The van der Waals surface area contributed by atoms with Crippen LogP contribution < -0.4 is 0 Å². The molecule has 0 heterocycles. The van der Waals surface area contributed by atoms with Gasteiger partial charge in [0.2, 0.25) is 0 Å². The van der Waals surface area contributed by atoms with Gasteiger partial charge in [0.25, 0.3) is 5.91 Å². The van der Waals surface area contributed by atoms with Crippen molar-refractivity contribution in [2.24, 2.45) is 0 Å². The van der Waals surface area contributed by atoms with Gasteiger partial charge in [-0.1, -0.05) is 34.1 Å². The number of benzene rings is 2. The second-order valence-corrected chi connectivity index (χ2v) is 6.48. The molecule has 0 N–H and O–H groups in total. The number of carbonyl (C=O) groups is 2. The lowest BCUT2D eigenvalue weighted by Gasteiger charge is -2.24. The Balaban J connectivity index is 2.43. The van der Waals surface area contributed by atoms with Gasteiger partial charge in [0.15, 0.2) is 5.78 Å². The fourth-order valence-electron chi connectivity index (χ4n) is 2.34. The molecule has 2 aromatic rings. The maximum Gasteiger partial charge on any atom is 0.255 e. The van der Waals surface area contributed by atoms with Gasteiger partial charge in [0.05, 0.1) is 11.6 Å². The van der Waals surface area contributed by atoms with Crippen LogP contribution in [0.3, 0.4) is 0 Å². The van der Waals surface area contributed by atoms with Gasteiger partial charge >= 0.3 is 0 Å². The van der Waals surface area contributed by atoms with E-state index in [1.165, 1.54) is 4.90 Å². The molecule has 0 radical (unpaired) electrons. The monoisotopic (exact) mass is 384 g/mol. The van der Waals surface area contributed by atoms with Crippen molar-refractivity contribution in [1.29, 1.82) is 5.26 Å². The van der Waals surface area contributed by atoms with Gasteiger partial charge in [0, 0.05) is 21.6 Å². The Bertz CT molecular complexity index is 792. The molecular weight excluding hydrogens is 368 g/mol. The quantitative estimate of drug-likeness (QED) is 0.576. The van der Waals surface area contributed by atoms with Crippen LogP contribution in [0.4, 0.5) is 0 Å². The Hall–Kier alpha value is -2.45. The lowest BCUT2D eigenvalue weighted by Crippen LogP contribution is -2.38. The Kier molecular flexibility index (Phi) is 5.88. The number of amides is 1. The number of nitrogens with zero attached hydrogens (tertiary/aromatic N) is 2. The number of hydrogen-bond acceptors (Lipinski definition) is 3. The zero-order valence-electron chi connectivity index (χ0n) is 13.5. The third kappa shape index (κ3) is 3.90. The molecule has 0 atom stereocenters. The lowest BCUT2D eigenvalue weighted by molar-refractivity contribution is 0.0727. The number of carbonyl (C=O) groups excluding carboxylic acids is 2. The first-order valence-electron chi connectivity index (χ1n) is 7.53. The summed E-state index contributed by atoms with van der Waals surface area (Å²) in [4.78, 5) is 27.0.